The molecule has 2 aromatic rings. The average molecular weight is 380 g/mol. The van der Waals surface area contributed by atoms with Gasteiger partial charge in [-0.05, 0) is 75.3 Å². The molecular weight excluding hydrogens is 350 g/mol. The summed E-state index contributed by atoms with van der Waals surface area (Å²) in [5.41, 5.74) is -0.0676. The molecule has 148 valence electrons. The second kappa shape index (κ2) is 6.90. The van der Waals surface area contributed by atoms with E-state index in [1.807, 2.05) is 42.1 Å². The quantitative estimate of drug-likeness (QED) is 0.755. The van der Waals surface area contributed by atoms with Crippen molar-refractivity contribution in [2.45, 2.75) is 45.4 Å². The van der Waals surface area contributed by atoms with Crippen LogP contribution in [-0.2, 0) is 4.79 Å². The monoisotopic (exact) mass is 379 g/mol. The standard InChI is InChI=1S/C22H29N5O/c1-15-25-19(11-20(26-15)27-6-2-3-7-27)23-4-5-24-21(28)22-12-16-8-17(13-22)10-18(9-16)14-22/h2-3,6-7,11,16-18H,4-5,8-10,12-14H2,1H3,(H,24,28)(H,23,25,26). The minimum absolute atomic E-state index is 0.0676. The number of aromatic nitrogens is 3. The van der Waals surface area contributed by atoms with E-state index in [1.165, 1.54) is 19.3 Å². The summed E-state index contributed by atoms with van der Waals surface area (Å²) in [5, 5.41) is 6.55. The Morgan fingerprint density at radius 2 is 1.71 bits per heavy atom. The van der Waals surface area contributed by atoms with Crippen molar-refractivity contribution >= 4 is 11.7 Å². The number of aryl methyl sites for hydroxylation is 1. The van der Waals surface area contributed by atoms with Gasteiger partial charge < -0.3 is 15.2 Å². The van der Waals surface area contributed by atoms with E-state index >= 15 is 0 Å². The van der Waals surface area contributed by atoms with E-state index in [4.69, 9.17) is 0 Å². The highest BCUT2D eigenvalue weighted by Crippen LogP contribution is 2.60. The zero-order valence-corrected chi connectivity index (χ0v) is 16.5. The topological polar surface area (TPSA) is 71.8 Å². The molecule has 4 bridgehead atoms. The third-order valence-corrected chi connectivity index (χ3v) is 6.93. The van der Waals surface area contributed by atoms with E-state index in [-0.39, 0.29) is 5.41 Å². The van der Waals surface area contributed by atoms with Crippen molar-refractivity contribution in [3.05, 3.63) is 36.4 Å². The molecule has 2 heterocycles. The van der Waals surface area contributed by atoms with Crippen LogP contribution in [0.5, 0.6) is 0 Å². The van der Waals surface area contributed by atoms with Gasteiger partial charge in [0.2, 0.25) is 5.91 Å². The maximum absolute atomic E-state index is 13.0. The lowest BCUT2D eigenvalue weighted by Gasteiger charge is -2.55. The summed E-state index contributed by atoms with van der Waals surface area (Å²) in [4.78, 5) is 22.0. The molecule has 0 unspecified atom stereocenters. The first-order chi connectivity index (χ1) is 13.6. The number of carbonyl (C=O) groups excluding carboxylic acids is 1. The molecule has 2 aromatic heterocycles. The lowest BCUT2D eigenvalue weighted by molar-refractivity contribution is -0.146. The highest BCUT2D eigenvalue weighted by Gasteiger charge is 2.54. The van der Waals surface area contributed by atoms with Crippen LogP contribution < -0.4 is 10.6 Å². The van der Waals surface area contributed by atoms with Gasteiger partial charge in [0.05, 0.1) is 0 Å². The number of hydrogen-bond donors (Lipinski definition) is 2. The normalized spacial score (nSPS) is 30.4. The van der Waals surface area contributed by atoms with Gasteiger partial charge in [-0.15, -0.1) is 0 Å². The van der Waals surface area contributed by atoms with Gasteiger partial charge in [-0.1, -0.05) is 0 Å². The van der Waals surface area contributed by atoms with Crippen molar-refractivity contribution in [2.75, 3.05) is 18.4 Å². The van der Waals surface area contributed by atoms with E-state index in [2.05, 4.69) is 20.6 Å². The van der Waals surface area contributed by atoms with Crippen LogP contribution in [0.4, 0.5) is 5.82 Å². The number of rotatable bonds is 6. The van der Waals surface area contributed by atoms with Crippen LogP contribution in [0.1, 0.15) is 44.3 Å². The van der Waals surface area contributed by atoms with Gasteiger partial charge in [0, 0.05) is 37.0 Å². The van der Waals surface area contributed by atoms with Crippen molar-refractivity contribution in [1.82, 2.24) is 19.9 Å². The Labute approximate surface area is 166 Å². The van der Waals surface area contributed by atoms with Crippen LogP contribution in [0.2, 0.25) is 0 Å². The average Bonchev–Trinajstić information content (AvgIpc) is 3.18. The summed E-state index contributed by atoms with van der Waals surface area (Å²) in [5.74, 6) is 5.05. The van der Waals surface area contributed by atoms with Crippen LogP contribution in [0.3, 0.4) is 0 Å². The lowest BCUT2D eigenvalue weighted by Crippen LogP contribution is -2.54. The molecule has 0 aromatic carbocycles. The first-order valence-corrected chi connectivity index (χ1v) is 10.6. The predicted octanol–water partition coefficient (Wildman–Crippen LogP) is 3.32. The molecule has 0 aliphatic heterocycles. The fourth-order valence-corrected chi connectivity index (χ4v) is 6.20. The molecule has 1 amide bonds. The van der Waals surface area contributed by atoms with Crippen LogP contribution >= 0.6 is 0 Å². The second-order valence-corrected chi connectivity index (χ2v) is 9.13. The van der Waals surface area contributed by atoms with Gasteiger partial charge in [-0.25, -0.2) is 9.97 Å². The van der Waals surface area contributed by atoms with Crippen LogP contribution in [0.25, 0.3) is 5.82 Å². The zero-order valence-electron chi connectivity index (χ0n) is 16.5. The summed E-state index contributed by atoms with van der Waals surface area (Å²) < 4.78 is 1.97. The molecule has 0 spiro atoms. The van der Waals surface area contributed by atoms with E-state index < -0.39 is 0 Å². The van der Waals surface area contributed by atoms with Crippen molar-refractivity contribution in [2.24, 2.45) is 23.2 Å². The van der Waals surface area contributed by atoms with Crippen LogP contribution in [-0.4, -0.2) is 33.5 Å². The number of nitrogens with one attached hydrogen (secondary N) is 2. The predicted molar refractivity (Wildman–Crippen MR) is 108 cm³/mol. The molecule has 2 N–H and O–H groups in total. The first kappa shape index (κ1) is 17.7. The number of anilines is 1. The van der Waals surface area contributed by atoms with Gasteiger partial charge >= 0.3 is 0 Å². The third kappa shape index (κ3) is 3.29. The highest BCUT2D eigenvalue weighted by atomic mass is 16.2. The summed E-state index contributed by atoms with van der Waals surface area (Å²) in [6.07, 6.45) is 11.4. The van der Waals surface area contributed by atoms with E-state index in [0.29, 0.717) is 19.0 Å². The van der Waals surface area contributed by atoms with E-state index in [0.717, 1.165) is 54.5 Å². The molecule has 0 radical (unpaired) electrons. The Bertz CT molecular complexity index is 825. The van der Waals surface area contributed by atoms with Crippen molar-refractivity contribution in [1.29, 1.82) is 0 Å². The summed E-state index contributed by atoms with van der Waals surface area (Å²) in [6, 6.07) is 5.89. The smallest absolute Gasteiger partial charge is 0.226 e. The minimum atomic E-state index is -0.0676. The van der Waals surface area contributed by atoms with Gasteiger partial charge in [-0.3, -0.25) is 4.79 Å². The molecule has 6 heteroatoms. The minimum Gasteiger partial charge on any atom is -0.368 e. The number of amides is 1. The molecule has 4 fully saturated rings. The van der Waals surface area contributed by atoms with E-state index in [1.54, 1.807) is 0 Å². The number of hydrogen-bond acceptors (Lipinski definition) is 4. The highest BCUT2D eigenvalue weighted by molar-refractivity contribution is 5.83. The SMILES string of the molecule is Cc1nc(NCCNC(=O)C23CC4CC(CC(C4)C2)C3)cc(-n2cccc2)n1. The molecule has 0 atom stereocenters. The van der Waals surface area contributed by atoms with Crippen molar-refractivity contribution < 1.29 is 4.79 Å². The summed E-state index contributed by atoms with van der Waals surface area (Å²) >= 11 is 0. The summed E-state index contributed by atoms with van der Waals surface area (Å²) in [6.45, 7) is 3.19. The van der Waals surface area contributed by atoms with Gasteiger partial charge in [0.15, 0.2) is 0 Å². The Kier molecular flexibility index (Phi) is 4.37. The van der Waals surface area contributed by atoms with Gasteiger partial charge in [0.1, 0.15) is 17.5 Å². The third-order valence-electron chi connectivity index (χ3n) is 6.93. The Balaban J connectivity index is 1.17. The molecule has 6 nitrogen and oxygen atoms in total. The van der Waals surface area contributed by atoms with Gasteiger partial charge in [0.25, 0.3) is 0 Å². The lowest BCUT2D eigenvalue weighted by atomic mass is 9.49. The number of carbonyl (C=O) groups is 1. The largest absolute Gasteiger partial charge is 0.368 e. The molecule has 28 heavy (non-hydrogen) atoms. The maximum Gasteiger partial charge on any atom is 0.226 e. The fourth-order valence-electron chi connectivity index (χ4n) is 6.20. The fraction of sp³-hybridized carbons (Fsp3) is 0.591. The van der Waals surface area contributed by atoms with Crippen molar-refractivity contribution in [3.63, 3.8) is 0 Å². The van der Waals surface area contributed by atoms with Crippen LogP contribution in [0.15, 0.2) is 30.6 Å². The maximum atomic E-state index is 13.0. The van der Waals surface area contributed by atoms with Crippen LogP contribution in [0, 0.1) is 30.1 Å². The second-order valence-electron chi connectivity index (χ2n) is 9.13. The van der Waals surface area contributed by atoms with Gasteiger partial charge in [-0.2, -0.15) is 0 Å². The Morgan fingerprint density at radius 1 is 1.07 bits per heavy atom. The molecule has 4 aliphatic carbocycles. The van der Waals surface area contributed by atoms with Crippen molar-refractivity contribution in [3.8, 4) is 5.82 Å². The van der Waals surface area contributed by atoms with E-state index in [9.17, 15) is 4.79 Å². The molecule has 4 aliphatic rings. The molecular formula is C22H29N5O. The number of nitrogens with zero attached hydrogens (tertiary/aromatic N) is 3. The zero-order chi connectivity index (χ0) is 19.1. The molecule has 4 saturated carbocycles. The molecule has 6 rings (SSSR count). The first-order valence-electron chi connectivity index (χ1n) is 10.6. The Hall–Kier alpha value is -2.37. The molecule has 0 saturated heterocycles. The summed E-state index contributed by atoms with van der Waals surface area (Å²) in [7, 11) is 0. The Morgan fingerprint density at radius 3 is 2.36 bits per heavy atom.